The van der Waals surface area contributed by atoms with Crippen LogP contribution in [0.2, 0.25) is 0 Å². The summed E-state index contributed by atoms with van der Waals surface area (Å²) in [6, 6.07) is 0. The van der Waals surface area contributed by atoms with Crippen LogP contribution in [0, 0.1) is 11.3 Å². The molecule has 2 aliphatic heterocycles. The van der Waals surface area contributed by atoms with Crippen molar-refractivity contribution in [3.05, 3.63) is 0 Å². The van der Waals surface area contributed by atoms with Crippen molar-refractivity contribution in [2.45, 2.75) is 20.3 Å². The molecular formula is C11H20N2O. The zero-order valence-corrected chi connectivity index (χ0v) is 9.42. The maximum Gasteiger partial charge on any atom is 0.231 e. The summed E-state index contributed by atoms with van der Waals surface area (Å²) in [7, 11) is 1.92. The largest absolute Gasteiger partial charge is 0.345 e. The Morgan fingerprint density at radius 2 is 2.07 bits per heavy atom. The van der Waals surface area contributed by atoms with Crippen LogP contribution in [0.15, 0.2) is 0 Å². The summed E-state index contributed by atoms with van der Waals surface area (Å²) < 4.78 is 0. The molecule has 1 spiro atoms. The Morgan fingerprint density at radius 1 is 1.43 bits per heavy atom. The van der Waals surface area contributed by atoms with Gasteiger partial charge in [-0.05, 0) is 12.3 Å². The third kappa shape index (κ3) is 1.44. The highest BCUT2D eigenvalue weighted by Gasteiger charge is 2.53. The molecule has 2 rings (SSSR count). The van der Waals surface area contributed by atoms with E-state index in [-0.39, 0.29) is 5.41 Å². The second kappa shape index (κ2) is 3.23. The van der Waals surface area contributed by atoms with Crippen molar-refractivity contribution in [3.8, 4) is 0 Å². The molecule has 1 amide bonds. The van der Waals surface area contributed by atoms with Gasteiger partial charge in [-0.25, -0.2) is 0 Å². The first-order chi connectivity index (χ1) is 6.53. The lowest BCUT2D eigenvalue weighted by Gasteiger charge is -2.47. The smallest absolute Gasteiger partial charge is 0.231 e. The van der Waals surface area contributed by atoms with Crippen molar-refractivity contribution in [3.63, 3.8) is 0 Å². The first kappa shape index (κ1) is 9.97. The SMILES string of the molecule is CC(C)CN1CC2(CCN(C)C2=O)C1. The van der Waals surface area contributed by atoms with Crippen LogP contribution in [-0.4, -0.2) is 48.9 Å². The van der Waals surface area contributed by atoms with Gasteiger partial charge in [-0.3, -0.25) is 4.79 Å². The predicted octanol–water partition coefficient (Wildman–Crippen LogP) is 0.806. The zero-order valence-electron chi connectivity index (χ0n) is 9.42. The summed E-state index contributed by atoms with van der Waals surface area (Å²) in [5.41, 5.74) is 0.0175. The van der Waals surface area contributed by atoms with Crippen LogP contribution >= 0.6 is 0 Å². The lowest BCUT2D eigenvalue weighted by molar-refractivity contribution is -0.144. The molecule has 2 saturated heterocycles. The summed E-state index contributed by atoms with van der Waals surface area (Å²) in [4.78, 5) is 16.1. The summed E-state index contributed by atoms with van der Waals surface area (Å²) in [6.07, 6.45) is 1.07. The topological polar surface area (TPSA) is 23.6 Å². The lowest BCUT2D eigenvalue weighted by Crippen LogP contribution is -2.60. The van der Waals surface area contributed by atoms with E-state index in [2.05, 4.69) is 18.7 Å². The molecule has 2 aliphatic rings. The molecule has 2 fully saturated rings. The molecule has 0 aliphatic carbocycles. The molecule has 14 heavy (non-hydrogen) atoms. The standard InChI is InChI=1S/C11H20N2O/c1-9(2)6-13-7-11(8-13)4-5-12(3)10(11)14/h9H,4-8H2,1-3H3. The predicted molar refractivity (Wildman–Crippen MR) is 56.0 cm³/mol. The van der Waals surface area contributed by atoms with Gasteiger partial charge in [0.25, 0.3) is 0 Å². The molecule has 0 atom stereocenters. The van der Waals surface area contributed by atoms with Gasteiger partial charge in [0.1, 0.15) is 0 Å². The first-order valence-electron chi connectivity index (χ1n) is 5.51. The van der Waals surface area contributed by atoms with Crippen molar-refractivity contribution >= 4 is 5.91 Å². The fourth-order valence-corrected chi connectivity index (χ4v) is 2.74. The maximum atomic E-state index is 11.8. The fraction of sp³-hybridized carbons (Fsp3) is 0.909. The second-order valence-corrected chi connectivity index (χ2v) is 5.32. The first-order valence-corrected chi connectivity index (χ1v) is 5.51. The highest BCUT2D eigenvalue weighted by molar-refractivity contribution is 5.86. The number of carbonyl (C=O) groups is 1. The molecule has 0 aromatic heterocycles. The highest BCUT2D eigenvalue weighted by atomic mass is 16.2. The molecular weight excluding hydrogens is 176 g/mol. The van der Waals surface area contributed by atoms with E-state index in [0.29, 0.717) is 11.8 Å². The molecule has 0 aromatic rings. The minimum atomic E-state index is 0.0175. The van der Waals surface area contributed by atoms with Gasteiger partial charge in [0.05, 0.1) is 5.41 Å². The van der Waals surface area contributed by atoms with Crippen LogP contribution in [0.3, 0.4) is 0 Å². The van der Waals surface area contributed by atoms with E-state index in [1.165, 1.54) is 0 Å². The Kier molecular flexibility index (Phi) is 2.30. The Balaban J connectivity index is 1.89. The molecule has 0 radical (unpaired) electrons. The number of rotatable bonds is 2. The zero-order chi connectivity index (χ0) is 10.3. The Bertz CT molecular complexity index is 244. The van der Waals surface area contributed by atoms with Gasteiger partial charge < -0.3 is 9.80 Å². The minimum absolute atomic E-state index is 0.0175. The van der Waals surface area contributed by atoms with Crippen LogP contribution in [-0.2, 0) is 4.79 Å². The van der Waals surface area contributed by atoms with Crippen LogP contribution < -0.4 is 0 Å². The van der Waals surface area contributed by atoms with Gasteiger partial charge in [0.15, 0.2) is 0 Å². The third-order valence-corrected chi connectivity index (χ3v) is 3.40. The van der Waals surface area contributed by atoms with E-state index in [1.54, 1.807) is 0 Å². The Morgan fingerprint density at radius 3 is 2.50 bits per heavy atom. The van der Waals surface area contributed by atoms with Crippen molar-refractivity contribution in [1.82, 2.24) is 9.80 Å². The molecule has 3 nitrogen and oxygen atoms in total. The average Bonchev–Trinajstić information content (AvgIpc) is 2.31. The van der Waals surface area contributed by atoms with E-state index in [0.717, 1.165) is 32.6 Å². The summed E-state index contributed by atoms with van der Waals surface area (Å²) >= 11 is 0. The molecule has 2 heterocycles. The summed E-state index contributed by atoms with van der Waals surface area (Å²) in [5, 5.41) is 0. The molecule has 0 bridgehead atoms. The molecule has 3 heteroatoms. The summed E-state index contributed by atoms with van der Waals surface area (Å²) in [5.74, 6) is 1.08. The Hall–Kier alpha value is -0.570. The molecule has 80 valence electrons. The summed E-state index contributed by atoms with van der Waals surface area (Å²) in [6.45, 7) is 8.54. The van der Waals surface area contributed by atoms with Gasteiger partial charge in [-0.1, -0.05) is 13.8 Å². The van der Waals surface area contributed by atoms with Crippen molar-refractivity contribution in [2.24, 2.45) is 11.3 Å². The van der Waals surface area contributed by atoms with Crippen LogP contribution in [0.5, 0.6) is 0 Å². The third-order valence-electron chi connectivity index (χ3n) is 3.40. The maximum absolute atomic E-state index is 11.8. The van der Waals surface area contributed by atoms with E-state index in [4.69, 9.17) is 0 Å². The molecule has 0 unspecified atom stereocenters. The number of amides is 1. The highest BCUT2D eigenvalue weighted by Crippen LogP contribution is 2.40. The molecule has 0 aromatic carbocycles. The lowest BCUT2D eigenvalue weighted by atomic mass is 9.78. The van der Waals surface area contributed by atoms with E-state index in [1.807, 2.05) is 11.9 Å². The van der Waals surface area contributed by atoms with Gasteiger partial charge in [-0.2, -0.15) is 0 Å². The van der Waals surface area contributed by atoms with Crippen LogP contribution in [0.1, 0.15) is 20.3 Å². The fourth-order valence-electron chi connectivity index (χ4n) is 2.74. The van der Waals surface area contributed by atoms with Crippen LogP contribution in [0.4, 0.5) is 0 Å². The molecule has 0 saturated carbocycles. The quantitative estimate of drug-likeness (QED) is 0.652. The Labute approximate surface area is 86.1 Å². The van der Waals surface area contributed by atoms with Gasteiger partial charge in [0.2, 0.25) is 5.91 Å². The number of hydrogen-bond acceptors (Lipinski definition) is 2. The average molecular weight is 196 g/mol. The van der Waals surface area contributed by atoms with Crippen molar-refractivity contribution in [1.29, 1.82) is 0 Å². The number of nitrogens with zero attached hydrogens (tertiary/aromatic N) is 2. The monoisotopic (exact) mass is 196 g/mol. The normalized spacial score (nSPS) is 26.3. The molecule has 0 N–H and O–H groups in total. The van der Waals surface area contributed by atoms with Crippen molar-refractivity contribution in [2.75, 3.05) is 33.2 Å². The van der Waals surface area contributed by atoms with Gasteiger partial charge in [-0.15, -0.1) is 0 Å². The van der Waals surface area contributed by atoms with Crippen LogP contribution in [0.25, 0.3) is 0 Å². The number of carbonyl (C=O) groups excluding carboxylic acids is 1. The number of likely N-dealkylation sites (tertiary alicyclic amines) is 2. The minimum Gasteiger partial charge on any atom is -0.345 e. The van der Waals surface area contributed by atoms with Crippen molar-refractivity contribution < 1.29 is 4.79 Å². The number of hydrogen-bond donors (Lipinski definition) is 0. The van der Waals surface area contributed by atoms with E-state index >= 15 is 0 Å². The van der Waals surface area contributed by atoms with E-state index < -0.39 is 0 Å². The van der Waals surface area contributed by atoms with Gasteiger partial charge in [0, 0.05) is 33.2 Å². The second-order valence-electron chi connectivity index (χ2n) is 5.32. The van der Waals surface area contributed by atoms with Gasteiger partial charge >= 0.3 is 0 Å². The van der Waals surface area contributed by atoms with E-state index in [9.17, 15) is 4.79 Å².